The van der Waals surface area contributed by atoms with E-state index in [1.54, 1.807) is 12.3 Å². The van der Waals surface area contributed by atoms with Gasteiger partial charge in [-0.25, -0.2) is 0 Å². The smallest absolute Gasteiger partial charge is 0.269 e. The molecule has 0 radical (unpaired) electrons. The summed E-state index contributed by atoms with van der Waals surface area (Å²) in [7, 11) is 0. The van der Waals surface area contributed by atoms with Crippen molar-refractivity contribution in [1.29, 1.82) is 0 Å². The lowest BCUT2D eigenvalue weighted by atomic mass is 10.1. The summed E-state index contributed by atoms with van der Waals surface area (Å²) in [5.74, 6) is -0.160. The summed E-state index contributed by atoms with van der Waals surface area (Å²) in [6.45, 7) is 3.06. The molecular formula is C16H19N3O. The molecule has 1 aromatic heterocycles. The third-order valence-electron chi connectivity index (χ3n) is 3.11. The molecule has 0 atom stereocenters. The normalized spacial score (nSPS) is 10.3. The van der Waals surface area contributed by atoms with E-state index in [1.165, 1.54) is 11.1 Å². The minimum Gasteiger partial charge on any atom is -0.350 e. The van der Waals surface area contributed by atoms with Crippen LogP contribution in [0.5, 0.6) is 0 Å². The van der Waals surface area contributed by atoms with E-state index in [9.17, 15) is 4.79 Å². The summed E-state index contributed by atoms with van der Waals surface area (Å²) in [5.41, 5.74) is 9.31. The maximum atomic E-state index is 11.9. The highest BCUT2D eigenvalue weighted by Crippen LogP contribution is 2.04. The highest BCUT2D eigenvalue weighted by molar-refractivity contribution is 5.92. The molecular weight excluding hydrogens is 250 g/mol. The Morgan fingerprint density at radius 2 is 1.95 bits per heavy atom. The van der Waals surface area contributed by atoms with Crippen molar-refractivity contribution in [2.75, 3.05) is 6.54 Å². The van der Waals surface area contributed by atoms with Crippen molar-refractivity contribution >= 4 is 5.91 Å². The lowest BCUT2D eigenvalue weighted by molar-refractivity contribution is 0.0949. The van der Waals surface area contributed by atoms with E-state index in [4.69, 9.17) is 5.73 Å². The van der Waals surface area contributed by atoms with Gasteiger partial charge in [0, 0.05) is 19.3 Å². The molecule has 4 nitrogen and oxygen atoms in total. The van der Waals surface area contributed by atoms with Crippen LogP contribution in [0.4, 0.5) is 0 Å². The summed E-state index contributed by atoms with van der Waals surface area (Å²) < 4.78 is 0. The van der Waals surface area contributed by atoms with Gasteiger partial charge in [-0.3, -0.25) is 9.78 Å². The van der Waals surface area contributed by atoms with Crippen molar-refractivity contribution in [3.8, 4) is 0 Å². The van der Waals surface area contributed by atoms with Gasteiger partial charge in [-0.05, 0) is 36.6 Å². The van der Waals surface area contributed by atoms with E-state index in [-0.39, 0.29) is 5.91 Å². The molecule has 1 amide bonds. The van der Waals surface area contributed by atoms with Crippen LogP contribution < -0.4 is 11.1 Å². The zero-order chi connectivity index (χ0) is 14.4. The molecule has 0 fully saturated rings. The number of amides is 1. The Bertz CT molecular complexity index is 579. The fourth-order valence-corrected chi connectivity index (χ4v) is 1.89. The second-order valence-corrected chi connectivity index (χ2v) is 4.74. The highest BCUT2D eigenvalue weighted by Gasteiger charge is 2.06. The molecule has 20 heavy (non-hydrogen) atoms. The molecule has 3 N–H and O–H groups in total. The number of aromatic nitrogens is 1. The molecule has 0 spiro atoms. The Hall–Kier alpha value is -2.20. The van der Waals surface area contributed by atoms with Crippen molar-refractivity contribution < 1.29 is 4.79 Å². The van der Waals surface area contributed by atoms with E-state index in [1.807, 2.05) is 6.07 Å². The van der Waals surface area contributed by atoms with Gasteiger partial charge in [0.2, 0.25) is 0 Å². The highest BCUT2D eigenvalue weighted by atomic mass is 16.1. The second-order valence-electron chi connectivity index (χ2n) is 4.74. The molecule has 2 aromatic rings. The minimum absolute atomic E-state index is 0.160. The topological polar surface area (TPSA) is 68.0 Å². The summed E-state index contributed by atoms with van der Waals surface area (Å²) in [6, 6.07) is 11.8. The molecule has 4 heteroatoms. The van der Waals surface area contributed by atoms with E-state index >= 15 is 0 Å². The van der Waals surface area contributed by atoms with Gasteiger partial charge in [0.1, 0.15) is 5.69 Å². The monoisotopic (exact) mass is 269 g/mol. The summed E-state index contributed by atoms with van der Waals surface area (Å²) in [6.07, 6.45) is 2.42. The van der Waals surface area contributed by atoms with Crippen LogP contribution in [0.3, 0.4) is 0 Å². The molecule has 0 saturated heterocycles. The number of nitrogens with one attached hydrogen (secondary N) is 1. The summed E-state index contributed by atoms with van der Waals surface area (Å²) >= 11 is 0. The molecule has 1 aromatic carbocycles. The predicted octanol–water partition coefficient (Wildman–Crippen LogP) is 1.82. The molecule has 0 aliphatic rings. The Labute approximate surface area is 119 Å². The number of carbonyl (C=O) groups excluding carboxylic acids is 1. The molecule has 2 rings (SSSR count). The van der Waals surface area contributed by atoms with Gasteiger partial charge in [0.25, 0.3) is 5.91 Å². The van der Waals surface area contributed by atoms with E-state index in [0.29, 0.717) is 18.8 Å². The Morgan fingerprint density at radius 3 is 2.65 bits per heavy atom. The maximum Gasteiger partial charge on any atom is 0.269 e. The van der Waals surface area contributed by atoms with Crippen LogP contribution in [0.15, 0.2) is 42.6 Å². The Balaban J connectivity index is 1.87. The van der Waals surface area contributed by atoms with Crippen molar-refractivity contribution in [2.45, 2.75) is 19.9 Å². The number of benzene rings is 1. The number of pyridine rings is 1. The van der Waals surface area contributed by atoms with Crippen molar-refractivity contribution in [3.63, 3.8) is 0 Å². The number of hydrogen-bond donors (Lipinski definition) is 2. The zero-order valence-corrected chi connectivity index (χ0v) is 11.6. The number of carbonyl (C=O) groups is 1. The first-order chi connectivity index (χ1) is 9.69. The van der Waals surface area contributed by atoms with Crippen LogP contribution in [0.2, 0.25) is 0 Å². The van der Waals surface area contributed by atoms with Crippen LogP contribution in [0, 0.1) is 6.92 Å². The zero-order valence-electron chi connectivity index (χ0n) is 11.6. The Morgan fingerprint density at radius 1 is 1.20 bits per heavy atom. The van der Waals surface area contributed by atoms with E-state index in [0.717, 1.165) is 12.0 Å². The predicted molar refractivity (Wildman–Crippen MR) is 79.3 cm³/mol. The van der Waals surface area contributed by atoms with Crippen LogP contribution in [0.1, 0.15) is 27.2 Å². The summed E-state index contributed by atoms with van der Waals surface area (Å²) in [5, 5.41) is 2.87. The molecule has 0 unspecified atom stereocenters. The fourth-order valence-electron chi connectivity index (χ4n) is 1.89. The van der Waals surface area contributed by atoms with E-state index in [2.05, 4.69) is 41.5 Å². The second kappa shape index (κ2) is 6.82. The molecule has 1 heterocycles. The maximum absolute atomic E-state index is 11.9. The molecule has 104 valence electrons. The van der Waals surface area contributed by atoms with Crippen LogP contribution >= 0.6 is 0 Å². The lowest BCUT2D eigenvalue weighted by Crippen LogP contribution is -2.26. The molecule has 0 saturated carbocycles. The third kappa shape index (κ3) is 3.90. The van der Waals surface area contributed by atoms with Gasteiger partial charge >= 0.3 is 0 Å². The van der Waals surface area contributed by atoms with Gasteiger partial charge in [0.05, 0.1) is 0 Å². The first-order valence-corrected chi connectivity index (χ1v) is 6.68. The average Bonchev–Trinajstić information content (AvgIpc) is 2.49. The quantitative estimate of drug-likeness (QED) is 0.870. The summed E-state index contributed by atoms with van der Waals surface area (Å²) in [4.78, 5) is 16.0. The molecule has 0 aliphatic carbocycles. The number of nitrogens with zero attached hydrogens (tertiary/aromatic N) is 1. The average molecular weight is 269 g/mol. The fraction of sp³-hybridized carbons (Fsp3) is 0.250. The van der Waals surface area contributed by atoms with Crippen molar-refractivity contribution in [1.82, 2.24) is 10.3 Å². The number of aryl methyl sites for hydroxylation is 1. The van der Waals surface area contributed by atoms with Gasteiger partial charge in [-0.15, -0.1) is 0 Å². The number of nitrogens with two attached hydrogens (primary N) is 1. The van der Waals surface area contributed by atoms with Crippen LogP contribution in [0.25, 0.3) is 0 Å². The van der Waals surface area contributed by atoms with Crippen LogP contribution in [-0.2, 0) is 13.0 Å². The molecule has 0 bridgehead atoms. The number of rotatable bonds is 5. The largest absolute Gasteiger partial charge is 0.350 e. The van der Waals surface area contributed by atoms with Gasteiger partial charge < -0.3 is 11.1 Å². The van der Waals surface area contributed by atoms with Gasteiger partial charge in [0.15, 0.2) is 0 Å². The number of hydrogen-bond acceptors (Lipinski definition) is 3. The third-order valence-corrected chi connectivity index (χ3v) is 3.11. The van der Waals surface area contributed by atoms with Crippen molar-refractivity contribution in [2.24, 2.45) is 5.73 Å². The first-order valence-electron chi connectivity index (χ1n) is 6.68. The lowest BCUT2D eigenvalue weighted by Gasteiger charge is -2.06. The van der Waals surface area contributed by atoms with Crippen LogP contribution in [-0.4, -0.2) is 17.4 Å². The standard InChI is InChI=1S/C16H19N3O/c1-12-2-4-13(5-3-12)6-9-19-16(20)15-10-14(11-17)7-8-18-15/h2-5,7-8,10H,6,9,11,17H2,1H3,(H,19,20). The molecule has 0 aliphatic heterocycles. The first kappa shape index (κ1) is 14.2. The minimum atomic E-state index is -0.160. The Kier molecular flexibility index (Phi) is 4.85. The SMILES string of the molecule is Cc1ccc(CCNC(=O)c2cc(CN)ccn2)cc1. The van der Waals surface area contributed by atoms with Gasteiger partial charge in [-0.2, -0.15) is 0 Å². The van der Waals surface area contributed by atoms with Gasteiger partial charge in [-0.1, -0.05) is 29.8 Å². The van der Waals surface area contributed by atoms with E-state index < -0.39 is 0 Å². The van der Waals surface area contributed by atoms with Crippen molar-refractivity contribution in [3.05, 3.63) is 65.0 Å².